The highest BCUT2D eigenvalue weighted by molar-refractivity contribution is 7.91. The average Bonchev–Trinajstić information content (AvgIpc) is 2.70. The van der Waals surface area contributed by atoms with E-state index in [1.54, 1.807) is 0 Å². The van der Waals surface area contributed by atoms with Crippen molar-refractivity contribution in [2.24, 2.45) is 0 Å². The van der Waals surface area contributed by atoms with E-state index < -0.39 is 28.0 Å². The Morgan fingerprint density at radius 3 is 2.47 bits per heavy atom. The van der Waals surface area contributed by atoms with Crippen molar-refractivity contribution in [3.05, 3.63) is 24.0 Å². The molecule has 2 rings (SSSR count). The molecule has 0 aliphatic carbocycles. The van der Waals surface area contributed by atoms with Crippen molar-refractivity contribution in [3.63, 3.8) is 0 Å². The zero-order chi connectivity index (χ0) is 14.4. The normalized spacial score (nSPS) is 13.4. The van der Waals surface area contributed by atoms with E-state index >= 15 is 0 Å². The molecule has 0 spiro atoms. The lowest BCUT2D eigenvalue weighted by molar-refractivity contribution is -0.140. The molecule has 2 aromatic rings. The van der Waals surface area contributed by atoms with Crippen LogP contribution in [0.5, 0.6) is 0 Å². The number of aromatic amines is 1. The van der Waals surface area contributed by atoms with E-state index in [1.165, 1.54) is 18.2 Å². The predicted octanol–water partition coefficient (Wildman–Crippen LogP) is 2.32. The largest absolute Gasteiger partial charge is 0.363 e. The maximum atomic E-state index is 13.2. The number of fused-ring (bicyclic) bond motifs is 1. The molecule has 104 valence electrons. The van der Waals surface area contributed by atoms with Crippen molar-refractivity contribution in [2.75, 3.05) is 6.26 Å². The van der Waals surface area contributed by atoms with Gasteiger partial charge in [-0.2, -0.15) is 8.78 Å². The fourth-order valence-electron chi connectivity index (χ4n) is 1.57. The minimum Gasteiger partial charge on any atom is -0.337 e. The summed E-state index contributed by atoms with van der Waals surface area (Å²) < 4.78 is 73.7. The lowest BCUT2D eigenvalue weighted by atomic mass is 10.3. The van der Waals surface area contributed by atoms with E-state index in [2.05, 4.69) is 4.98 Å². The molecule has 0 unspecified atom stereocenters. The first-order chi connectivity index (χ1) is 8.64. The smallest absolute Gasteiger partial charge is 0.337 e. The van der Waals surface area contributed by atoms with Crippen molar-refractivity contribution < 1.29 is 26.0 Å². The second-order valence-corrected chi connectivity index (χ2v) is 5.92. The van der Waals surface area contributed by atoms with Gasteiger partial charge in [0.2, 0.25) is 0 Å². The van der Waals surface area contributed by atoms with Crippen LogP contribution in [0.1, 0.15) is 5.82 Å². The van der Waals surface area contributed by atoms with Gasteiger partial charge in [-0.1, -0.05) is 6.07 Å². The molecular formula is C10H8F4N2O2S. The summed E-state index contributed by atoms with van der Waals surface area (Å²) in [4.78, 5) is 5.04. The van der Waals surface area contributed by atoms with Gasteiger partial charge in [-0.15, -0.1) is 0 Å². The first-order valence-corrected chi connectivity index (χ1v) is 6.88. The van der Waals surface area contributed by atoms with E-state index in [0.29, 0.717) is 0 Å². The van der Waals surface area contributed by atoms with E-state index in [1.807, 2.05) is 4.98 Å². The van der Waals surface area contributed by atoms with Crippen LogP contribution in [0.3, 0.4) is 0 Å². The molecule has 0 amide bonds. The number of imidazole rings is 1. The summed E-state index contributed by atoms with van der Waals surface area (Å²) in [6.07, 6.45) is -3.06. The highest BCUT2D eigenvalue weighted by Crippen LogP contribution is 2.34. The molecule has 1 aromatic heterocycles. The summed E-state index contributed by atoms with van der Waals surface area (Å²) in [5, 5.41) is 0. The summed E-state index contributed by atoms with van der Waals surface area (Å²) in [7, 11) is -3.70. The van der Waals surface area contributed by atoms with Gasteiger partial charge in [0.25, 0.3) is 0 Å². The Labute approximate surface area is 105 Å². The van der Waals surface area contributed by atoms with Gasteiger partial charge in [-0.05, 0) is 12.1 Å². The zero-order valence-corrected chi connectivity index (χ0v) is 10.3. The summed E-state index contributed by atoms with van der Waals surface area (Å²) in [6.45, 7) is 0. The number of hydrogen-bond acceptors (Lipinski definition) is 3. The first kappa shape index (κ1) is 13.8. The van der Waals surface area contributed by atoms with Gasteiger partial charge < -0.3 is 4.98 Å². The van der Waals surface area contributed by atoms with Crippen LogP contribution in [-0.2, 0) is 15.8 Å². The number of nitrogens with one attached hydrogen (secondary N) is 1. The molecule has 0 bridgehead atoms. The number of hydrogen-bond donors (Lipinski definition) is 1. The monoisotopic (exact) mass is 296 g/mol. The van der Waals surface area contributed by atoms with Crippen LogP contribution < -0.4 is 0 Å². The Hall–Kier alpha value is -1.64. The Morgan fingerprint density at radius 1 is 1.32 bits per heavy atom. The average molecular weight is 296 g/mol. The zero-order valence-electron chi connectivity index (χ0n) is 9.49. The fourth-order valence-corrected chi connectivity index (χ4v) is 2.40. The highest BCUT2D eigenvalue weighted by atomic mass is 32.2. The van der Waals surface area contributed by atoms with Crippen LogP contribution in [0.15, 0.2) is 23.1 Å². The van der Waals surface area contributed by atoms with Crippen molar-refractivity contribution >= 4 is 20.9 Å². The highest BCUT2D eigenvalue weighted by Gasteiger charge is 2.46. The minimum atomic E-state index is -4.46. The second-order valence-electron chi connectivity index (χ2n) is 3.93. The van der Waals surface area contributed by atoms with Crippen LogP contribution in [0.4, 0.5) is 17.6 Å². The lowest BCUT2D eigenvalue weighted by Crippen LogP contribution is -2.25. The van der Waals surface area contributed by atoms with E-state index in [9.17, 15) is 26.0 Å². The predicted molar refractivity (Wildman–Crippen MR) is 59.1 cm³/mol. The number of alkyl halides is 4. The van der Waals surface area contributed by atoms with Crippen LogP contribution in [0, 0.1) is 0 Å². The SMILES string of the molecule is CS(=O)(=O)c1cccc2[nH]c(C(F)(F)C(F)F)nc12. The molecule has 0 fully saturated rings. The number of H-pyrrole nitrogens is 1. The molecule has 1 aromatic carbocycles. The molecule has 0 radical (unpaired) electrons. The number of aromatic nitrogens is 2. The van der Waals surface area contributed by atoms with Gasteiger partial charge in [0.1, 0.15) is 5.52 Å². The maximum Gasteiger partial charge on any atom is 0.363 e. The minimum absolute atomic E-state index is 0.0433. The summed E-state index contributed by atoms with van der Waals surface area (Å²) in [5.74, 6) is -5.72. The second kappa shape index (κ2) is 4.19. The molecular weight excluding hydrogens is 288 g/mol. The summed E-state index contributed by atoms with van der Waals surface area (Å²) >= 11 is 0. The Morgan fingerprint density at radius 2 is 1.95 bits per heavy atom. The van der Waals surface area contributed by atoms with Crippen LogP contribution in [0.2, 0.25) is 0 Å². The topological polar surface area (TPSA) is 62.8 Å². The Bertz CT molecular complexity index is 724. The molecule has 9 heteroatoms. The van der Waals surface area contributed by atoms with Crippen LogP contribution in [-0.4, -0.2) is 31.1 Å². The van der Waals surface area contributed by atoms with Gasteiger partial charge in [-0.25, -0.2) is 22.2 Å². The van der Waals surface area contributed by atoms with Gasteiger partial charge in [0.05, 0.1) is 10.4 Å². The molecule has 0 atom stereocenters. The van der Waals surface area contributed by atoms with Crippen LogP contribution >= 0.6 is 0 Å². The molecule has 0 aliphatic rings. The fraction of sp³-hybridized carbons (Fsp3) is 0.300. The van der Waals surface area contributed by atoms with Crippen molar-refractivity contribution in [3.8, 4) is 0 Å². The molecule has 0 saturated carbocycles. The van der Waals surface area contributed by atoms with Gasteiger partial charge in [0, 0.05) is 6.26 Å². The molecule has 1 heterocycles. The molecule has 4 nitrogen and oxygen atoms in total. The molecule has 19 heavy (non-hydrogen) atoms. The number of sulfone groups is 1. The number of para-hydroxylation sites is 1. The third kappa shape index (κ3) is 2.29. The summed E-state index contributed by atoms with van der Waals surface area (Å²) in [5.41, 5.74) is -0.321. The van der Waals surface area contributed by atoms with Crippen molar-refractivity contribution in [2.45, 2.75) is 17.2 Å². The van der Waals surface area contributed by atoms with E-state index in [4.69, 9.17) is 0 Å². The Balaban J connectivity index is 2.72. The lowest BCUT2D eigenvalue weighted by Gasteiger charge is -2.11. The number of rotatable bonds is 3. The van der Waals surface area contributed by atoms with Gasteiger partial charge in [-0.3, -0.25) is 0 Å². The molecule has 0 aliphatic heterocycles. The third-order valence-corrected chi connectivity index (χ3v) is 3.59. The first-order valence-electron chi connectivity index (χ1n) is 4.99. The number of nitrogens with zero attached hydrogens (tertiary/aromatic N) is 1. The Kier molecular flexibility index (Phi) is 3.04. The van der Waals surface area contributed by atoms with E-state index in [0.717, 1.165) is 6.26 Å². The number of halogens is 4. The summed E-state index contributed by atoms with van der Waals surface area (Å²) in [6, 6.07) is 3.76. The van der Waals surface area contributed by atoms with Crippen LogP contribution in [0.25, 0.3) is 11.0 Å². The molecule has 1 N–H and O–H groups in total. The maximum absolute atomic E-state index is 13.2. The van der Waals surface area contributed by atoms with E-state index in [-0.39, 0.29) is 15.9 Å². The number of benzene rings is 1. The molecule has 0 saturated heterocycles. The quantitative estimate of drug-likeness (QED) is 0.884. The van der Waals surface area contributed by atoms with Crippen molar-refractivity contribution in [1.82, 2.24) is 9.97 Å². The van der Waals surface area contributed by atoms with Gasteiger partial charge in [0.15, 0.2) is 15.7 Å². The standard InChI is InChI=1S/C10H8F4N2O2S/c1-19(17,18)6-4-2-3-5-7(6)16-9(15-5)10(13,14)8(11)12/h2-4,8H,1H3,(H,15,16). The third-order valence-electron chi connectivity index (χ3n) is 2.46. The van der Waals surface area contributed by atoms with Crippen molar-refractivity contribution in [1.29, 1.82) is 0 Å². The van der Waals surface area contributed by atoms with Gasteiger partial charge >= 0.3 is 12.3 Å².